The molecule has 1 unspecified atom stereocenters. The fourth-order valence-corrected chi connectivity index (χ4v) is 6.47. The van der Waals surface area contributed by atoms with Crippen LogP contribution in [0.25, 0.3) is 0 Å². The molecule has 1 N–H and O–H groups in total. The first-order valence-electron chi connectivity index (χ1n) is 11.0. The summed E-state index contributed by atoms with van der Waals surface area (Å²) in [6.45, 7) is 4.85. The van der Waals surface area contributed by atoms with Crippen molar-refractivity contribution in [1.29, 1.82) is 0 Å². The van der Waals surface area contributed by atoms with Crippen molar-refractivity contribution < 1.29 is 22.5 Å². The number of aromatic nitrogens is 1. The minimum absolute atomic E-state index is 0.0359. The van der Waals surface area contributed by atoms with Gasteiger partial charge in [-0.15, -0.1) is 0 Å². The van der Waals surface area contributed by atoms with Gasteiger partial charge in [-0.05, 0) is 57.7 Å². The lowest BCUT2D eigenvalue weighted by Gasteiger charge is -2.31. The Labute approximate surface area is 198 Å². The molecule has 1 aromatic carbocycles. The van der Waals surface area contributed by atoms with Gasteiger partial charge < -0.3 is 14.7 Å². The summed E-state index contributed by atoms with van der Waals surface area (Å²) >= 11 is 6.14. The van der Waals surface area contributed by atoms with E-state index in [-0.39, 0.29) is 29.0 Å². The number of nitrogens with one attached hydrogen (secondary N) is 1. The van der Waals surface area contributed by atoms with E-state index >= 15 is 0 Å². The van der Waals surface area contributed by atoms with Crippen LogP contribution in [0.3, 0.4) is 0 Å². The van der Waals surface area contributed by atoms with Crippen LogP contribution in [0.2, 0.25) is 5.02 Å². The zero-order valence-corrected chi connectivity index (χ0v) is 20.2. The van der Waals surface area contributed by atoms with Crippen LogP contribution in [-0.2, 0) is 14.8 Å². The van der Waals surface area contributed by atoms with E-state index in [1.54, 1.807) is 36.9 Å². The van der Waals surface area contributed by atoms with Crippen molar-refractivity contribution in [1.82, 2.24) is 14.4 Å². The van der Waals surface area contributed by atoms with Crippen molar-refractivity contribution in [2.24, 2.45) is 5.92 Å². The predicted octanol–water partition coefficient (Wildman–Crippen LogP) is 3.22. The normalized spacial score (nSPS) is 19.6. The van der Waals surface area contributed by atoms with Crippen LogP contribution in [-0.4, -0.2) is 60.8 Å². The number of sulfonamides is 1. The molecule has 0 radical (unpaired) electrons. The van der Waals surface area contributed by atoms with Crippen molar-refractivity contribution in [3.8, 4) is 0 Å². The van der Waals surface area contributed by atoms with Crippen LogP contribution < -0.4 is 5.32 Å². The van der Waals surface area contributed by atoms with Gasteiger partial charge in [0, 0.05) is 31.2 Å². The summed E-state index contributed by atoms with van der Waals surface area (Å²) in [7, 11) is -3.84. The summed E-state index contributed by atoms with van der Waals surface area (Å²) in [5.41, 5.74) is 1.02. The lowest BCUT2D eigenvalue weighted by atomic mass is 9.98. The predicted molar refractivity (Wildman–Crippen MR) is 123 cm³/mol. The first-order valence-corrected chi connectivity index (χ1v) is 12.8. The van der Waals surface area contributed by atoms with Crippen LogP contribution in [0.15, 0.2) is 27.6 Å². The molecule has 9 nitrogen and oxygen atoms in total. The minimum atomic E-state index is -3.84. The molecule has 2 aliphatic heterocycles. The Hall–Kier alpha value is -2.43. The molecule has 2 amide bonds. The summed E-state index contributed by atoms with van der Waals surface area (Å²) in [6, 6.07) is 4.80. The first-order chi connectivity index (χ1) is 15.7. The Morgan fingerprint density at radius 1 is 1.15 bits per heavy atom. The van der Waals surface area contributed by atoms with Gasteiger partial charge in [-0.3, -0.25) is 9.59 Å². The smallest absolute Gasteiger partial charge is 0.255 e. The highest BCUT2D eigenvalue weighted by molar-refractivity contribution is 7.89. The van der Waals surface area contributed by atoms with Crippen molar-refractivity contribution >= 4 is 39.1 Å². The number of benzene rings is 1. The quantitative estimate of drug-likeness (QED) is 0.682. The van der Waals surface area contributed by atoms with Crippen LogP contribution >= 0.6 is 11.6 Å². The second kappa shape index (κ2) is 9.44. The molecular formula is C22H27ClN4O5S. The fourth-order valence-electron chi connectivity index (χ4n) is 4.48. The number of aryl methyl sites for hydroxylation is 2. The summed E-state index contributed by atoms with van der Waals surface area (Å²) in [5, 5.41) is 6.98. The van der Waals surface area contributed by atoms with E-state index < -0.39 is 15.9 Å². The zero-order chi connectivity index (χ0) is 23.8. The minimum Gasteiger partial charge on any atom is -0.360 e. The number of carbonyl (C=O) groups excluding carboxylic acids is 2. The molecule has 33 heavy (non-hydrogen) atoms. The number of likely N-dealkylation sites (tertiary alicyclic amines) is 1. The average molecular weight is 495 g/mol. The Morgan fingerprint density at radius 3 is 2.55 bits per heavy atom. The molecule has 1 atom stereocenters. The number of halogens is 1. The average Bonchev–Trinajstić information content (AvgIpc) is 3.43. The van der Waals surface area contributed by atoms with Gasteiger partial charge in [0.2, 0.25) is 15.9 Å². The van der Waals surface area contributed by atoms with E-state index in [4.69, 9.17) is 16.1 Å². The molecule has 3 heterocycles. The van der Waals surface area contributed by atoms with Gasteiger partial charge in [0.1, 0.15) is 10.6 Å². The third-order valence-corrected chi connectivity index (χ3v) is 8.53. The topological polar surface area (TPSA) is 113 Å². The second-order valence-corrected chi connectivity index (χ2v) is 10.8. The molecular weight excluding hydrogens is 468 g/mol. The monoisotopic (exact) mass is 494 g/mol. The molecule has 0 saturated carbocycles. The maximum Gasteiger partial charge on any atom is 0.255 e. The standard InChI is InChI=1S/C22H27ClN4O5S/c1-14-20(15(2)32-25-14)33(30,31)27-11-5-6-16(13-27)21(28)24-19-12-17(23)7-8-18(19)22(29)26-9-3-4-10-26/h7-8,12,16H,3-6,9-11,13H2,1-2H3,(H,24,28). The van der Waals surface area contributed by atoms with Gasteiger partial charge in [0.25, 0.3) is 5.91 Å². The largest absolute Gasteiger partial charge is 0.360 e. The highest BCUT2D eigenvalue weighted by Gasteiger charge is 2.37. The van der Waals surface area contributed by atoms with Gasteiger partial charge in [0.05, 0.1) is 17.2 Å². The van der Waals surface area contributed by atoms with Crippen molar-refractivity contribution in [2.45, 2.75) is 44.4 Å². The third kappa shape index (κ3) is 4.78. The van der Waals surface area contributed by atoms with E-state index in [1.165, 1.54) is 4.31 Å². The summed E-state index contributed by atoms with van der Waals surface area (Å²) in [4.78, 5) is 27.9. The molecule has 0 bridgehead atoms. The Morgan fingerprint density at radius 2 is 1.88 bits per heavy atom. The number of piperidine rings is 1. The van der Waals surface area contributed by atoms with Gasteiger partial charge in [-0.2, -0.15) is 4.31 Å². The third-order valence-electron chi connectivity index (χ3n) is 6.18. The van der Waals surface area contributed by atoms with Crippen LogP contribution in [0.5, 0.6) is 0 Å². The van der Waals surface area contributed by atoms with Crippen LogP contribution in [0.4, 0.5) is 5.69 Å². The summed E-state index contributed by atoms with van der Waals surface area (Å²) in [6.07, 6.45) is 2.99. The molecule has 4 rings (SSSR count). The van der Waals surface area contributed by atoms with E-state index in [0.29, 0.717) is 54.4 Å². The molecule has 2 fully saturated rings. The molecule has 2 aliphatic rings. The fraction of sp³-hybridized carbons (Fsp3) is 0.500. The number of nitrogens with zero attached hydrogens (tertiary/aromatic N) is 3. The van der Waals surface area contributed by atoms with Gasteiger partial charge in [-0.1, -0.05) is 16.8 Å². The van der Waals surface area contributed by atoms with Crippen molar-refractivity contribution in [3.05, 3.63) is 40.2 Å². The summed E-state index contributed by atoms with van der Waals surface area (Å²) in [5.74, 6) is -0.831. The SMILES string of the molecule is Cc1noc(C)c1S(=O)(=O)N1CCCC(C(=O)Nc2cc(Cl)ccc2C(=O)N2CCCC2)C1. The van der Waals surface area contributed by atoms with Gasteiger partial charge in [-0.25, -0.2) is 8.42 Å². The maximum atomic E-state index is 13.2. The number of amides is 2. The Kier molecular flexibility index (Phi) is 6.78. The summed E-state index contributed by atoms with van der Waals surface area (Å²) < 4.78 is 32.7. The lowest BCUT2D eigenvalue weighted by molar-refractivity contribution is -0.120. The van der Waals surface area contributed by atoms with E-state index in [2.05, 4.69) is 10.5 Å². The van der Waals surface area contributed by atoms with Crippen molar-refractivity contribution in [2.75, 3.05) is 31.5 Å². The molecule has 178 valence electrons. The highest BCUT2D eigenvalue weighted by Crippen LogP contribution is 2.29. The number of carbonyl (C=O) groups is 2. The van der Waals surface area contributed by atoms with E-state index in [1.807, 2.05) is 0 Å². The van der Waals surface area contributed by atoms with Gasteiger partial charge >= 0.3 is 0 Å². The van der Waals surface area contributed by atoms with Crippen LogP contribution in [0.1, 0.15) is 47.5 Å². The van der Waals surface area contributed by atoms with Gasteiger partial charge in [0.15, 0.2) is 5.76 Å². The Bertz CT molecular complexity index is 1150. The number of hydrogen-bond acceptors (Lipinski definition) is 6. The maximum absolute atomic E-state index is 13.2. The molecule has 2 aromatic rings. The highest BCUT2D eigenvalue weighted by atomic mass is 35.5. The van der Waals surface area contributed by atoms with Crippen LogP contribution in [0, 0.1) is 19.8 Å². The Balaban J connectivity index is 1.52. The molecule has 0 aliphatic carbocycles. The number of rotatable bonds is 5. The first kappa shape index (κ1) is 23.7. The molecule has 1 aromatic heterocycles. The van der Waals surface area contributed by atoms with E-state index in [9.17, 15) is 18.0 Å². The molecule has 2 saturated heterocycles. The second-order valence-electron chi connectivity index (χ2n) is 8.53. The lowest BCUT2D eigenvalue weighted by Crippen LogP contribution is -2.44. The molecule has 0 spiro atoms. The molecule has 11 heteroatoms. The van der Waals surface area contributed by atoms with Crippen molar-refractivity contribution in [3.63, 3.8) is 0 Å². The van der Waals surface area contributed by atoms with E-state index in [0.717, 1.165) is 12.8 Å². The number of anilines is 1. The number of hydrogen-bond donors (Lipinski definition) is 1. The zero-order valence-electron chi connectivity index (χ0n) is 18.6.